The number of nitrogens with one attached hydrogen (secondary N) is 1. The molecule has 1 aliphatic carbocycles. The van der Waals surface area contributed by atoms with Crippen LogP contribution >= 0.6 is 0 Å². The molecule has 21 heavy (non-hydrogen) atoms. The molecule has 1 saturated carbocycles. The number of hydrogen-bond acceptors (Lipinski definition) is 4. The minimum absolute atomic E-state index is 0.535. The van der Waals surface area contributed by atoms with Crippen LogP contribution in [0.25, 0.3) is 5.78 Å². The molecule has 5 heteroatoms. The maximum absolute atomic E-state index is 4.47. The standard InChI is InChI=1S/C16H25N5/c1-10(2)13-5-7-14(8-6-13)20-15-11(3)12(4)19-16-17-9-18-21(15)16/h9-10,13-14,20H,5-8H2,1-4H3. The molecule has 0 aromatic carbocycles. The molecule has 2 aromatic rings. The van der Waals surface area contributed by atoms with E-state index < -0.39 is 0 Å². The molecule has 0 aliphatic heterocycles. The average Bonchev–Trinajstić information content (AvgIpc) is 2.92. The zero-order valence-electron chi connectivity index (χ0n) is 13.4. The molecule has 0 atom stereocenters. The Morgan fingerprint density at radius 1 is 1.19 bits per heavy atom. The van der Waals surface area contributed by atoms with Gasteiger partial charge in [-0.2, -0.15) is 14.6 Å². The van der Waals surface area contributed by atoms with E-state index in [1.165, 1.54) is 31.2 Å². The van der Waals surface area contributed by atoms with Crippen molar-refractivity contribution in [2.24, 2.45) is 11.8 Å². The third-order valence-corrected chi connectivity index (χ3v) is 4.96. The first kappa shape index (κ1) is 14.3. The topological polar surface area (TPSA) is 55.1 Å². The van der Waals surface area contributed by atoms with Crippen molar-refractivity contribution in [3.63, 3.8) is 0 Å². The number of anilines is 1. The van der Waals surface area contributed by atoms with Crippen molar-refractivity contribution in [3.8, 4) is 0 Å². The Hall–Kier alpha value is -1.65. The van der Waals surface area contributed by atoms with E-state index in [2.05, 4.69) is 41.2 Å². The van der Waals surface area contributed by atoms with Crippen molar-refractivity contribution < 1.29 is 0 Å². The summed E-state index contributed by atoms with van der Waals surface area (Å²) in [6.45, 7) is 8.82. The molecular formula is C16H25N5. The van der Waals surface area contributed by atoms with Crippen molar-refractivity contribution in [2.45, 2.75) is 59.4 Å². The van der Waals surface area contributed by atoms with Crippen molar-refractivity contribution in [2.75, 3.05) is 5.32 Å². The third kappa shape index (κ3) is 2.74. The number of nitrogens with zero attached hydrogens (tertiary/aromatic N) is 4. The predicted molar refractivity (Wildman–Crippen MR) is 84.5 cm³/mol. The summed E-state index contributed by atoms with van der Waals surface area (Å²) in [4.78, 5) is 8.68. The van der Waals surface area contributed by atoms with Crippen LogP contribution in [0.2, 0.25) is 0 Å². The van der Waals surface area contributed by atoms with Gasteiger partial charge in [-0.05, 0) is 51.4 Å². The molecule has 3 rings (SSSR count). The monoisotopic (exact) mass is 287 g/mol. The number of hydrogen-bond donors (Lipinski definition) is 1. The largest absolute Gasteiger partial charge is 0.367 e. The van der Waals surface area contributed by atoms with Crippen molar-refractivity contribution in [1.29, 1.82) is 0 Å². The molecule has 1 N–H and O–H groups in total. The fourth-order valence-electron chi connectivity index (χ4n) is 3.33. The smallest absolute Gasteiger partial charge is 0.254 e. The molecule has 1 fully saturated rings. The second-order valence-electron chi connectivity index (χ2n) is 6.64. The van der Waals surface area contributed by atoms with Gasteiger partial charge in [0.15, 0.2) is 0 Å². The van der Waals surface area contributed by atoms with Crippen molar-refractivity contribution in [1.82, 2.24) is 19.6 Å². The fraction of sp³-hybridized carbons (Fsp3) is 0.688. The summed E-state index contributed by atoms with van der Waals surface area (Å²) >= 11 is 0. The minimum Gasteiger partial charge on any atom is -0.367 e. The van der Waals surface area contributed by atoms with Crippen molar-refractivity contribution >= 4 is 11.6 Å². The SMILES string of the molecule is Cc1nc2ncnn2c(NC2CCC(C(C)C)CC2)c1C. The summed E-state index contributed by atoms with van der Waals surface area (Å²) in [5.41, 5.74) is 2.19. The summed E-state index contributed by atoms with van der Waals surface area (Å²) in [6.07, 6.45) is 6.68. The first-order valence-corrected chi connectivity index (χ1v) is 7.99. The van der Waals surface area contributed by atoms with Gasteiger partial charge < -0.3 is 5.32 Å². The Bertz CT molecular complexity index is 623. The summed E-state index contributed by atoms with van der Waals surface area (Å²) < 4.78 is 1.83. The highest BCUT2D eigenvalue weighted by Gasteiger charge is 2.24. The van der Waals surface area contributed by atoms with E-state index >= 15 is 0 Å². The van der Waals surface area contributed by atoms with Crippen LogP contribution in [0.1, 0.15) is 50.8 Å². The van der Waals surface area contributed by atoms with Crippen molar-refractivity contribution in [3.05, 3.63) is 17.6 Å². The Kier molecular flexibility index (Phi) is 3.83. The van der Waals surface area contributed by atoms with E-state index in [-0.39, 0.29) is 0 Å². The van der Waals surface area contributed by atoms with E-state index in [4.69, 9.17) is 0 Å². The zero-order valence-corrected chi connectivity index (χ0v) is 13.4. The van der Waals surface area contributed by atoms with Crippen LogP contribution in [0.5, 0.6) is 0 Å². The summed E-state index contributed by atoms with van der Waals surface area (Å²) in [7, 11) is 0. The van der Waals surface area contributed by atoms with E-state index in [0.29, 0.717) is 11.8 Å². The molecule has 0 radical (unpaired) electrons. The van der Waals surface area contributed by atoms with Gasteiger partial charge >= 0.3 is 0 Å². The molecule has 114 valence electrons. The fourth-order valence-corrected chi connectivity index (χ4v) is 3.33. The normalized spacial score (nSPS) is 22.9. The average molecular weight is 287 g/mol. The van der Waals surface area contributed by atoms with Gasteiger partial charge in [0.2, 0.25) is 0 Å². The number of aryl methyl sites for hydroxylation is 1. The lowest BCUT2D eigenvalue weighted by molar-refractivity contribution is 0.266. The lowest BCUT2D eigenvalue weighted by Crippen LogP contribution is -2.29. The molecule has 0 saturated heterocycles. The van der Waals surface area contributed by atoms with Crippen LogP contribution in [0.3, 0.4) is 0 Å². The highest BCUT2D eigenvalue weighted by Crippen LogP contribution is 2.32. The lowest BCUT2D eigenvalue weighted by Gasteiger charge is -2.32. The number of fused-ring (bicyclic) bond motifs is 1. The Balaban J connectivity index is 1.80. The quantitative estimate of drug-likeness (QED) is 0.940. The van der Waals surface area contributed by atoms with Crippen LogP contribution < -0.4 is 5.32 Å². The van der Waals surface area contributed by atoms with Gasteiger partial charge in [0.05, 0.1) is 0 Å². The molecule has 1 aliphatic rings. The maximum atomic E-state index is 4.47. The number of aromatic nitrogens is 4. The first-order valence-electron chi connectivity index (χ1n) is 7.99. The minimum atomic E-state index is 0.535. The lowest BCUT2D eigenvalue weighted by atomic mass is 9.80. The van der Waals surface area contributed by atoms with Gasteiger partial charge in [0.25, 0.3) is 5.78 Å². The second kappa shape index (κ2) is 5.62. The van der Waals surface area contributed by atoms with Gasteiger partial charge in [-0.3, -0.25) is 0 Å². The second-order valence-corrected chi connectivity index (χ2v) is 6.64. The van der Waals surface area contributed by atoms with Crippen LogP contribution in [-0.2, 0) is 0 Å². The van der Waals surface area contributed by atoms with Gasteiger partial charge in [-0.25, -0.2) is 4.98 Å². The highest BCUT2D eigenvalue weighted by atomic mass is 15.4. The van der Waals surface area contributed by atoms with Gasteiger partial charge in [0, 0.05) is 17.3 Å². The molecule has 2 heterocycles. The zero-order chi connectivity index (χ0) is 15.0. The predicted octanol–water partition coefficient (Wildman–Crippen LogP) is 3.37. The molecule has 0 bridgehead atoms. The van der Waals surface area contributed by atoms with Crippen LogP contribution in [-0.4, -0.2) is 25.6 Å². The third-order valence-electron chi connectivity index (χ3n) is 4.96. The molecule has 5 nitrogen and oxygen atoms in total. The molecule has 0 spiro atoms. The van der Waals surface area contributed by atoms with E-state index in [0.717, 1.165) is 23.3 Å². The Labute approximate surface area is 126 Å². The van der Waals surface area contributed by atoms with Gasteiger partial charge in [0.1, 0.15) is 12.1 Å². The molecular weight excluding hydrogens is 262 g/mol. The summed E-state index contributed by atoms with van der Waals surface area (Å²) in [5.74, 6) is 3.42. The highest BCUT2D eigenvalue weighted by molar-refractivity contribution is 5.52. The van der Waals surface area contributed by atoms with Crippen LogP contribution in [0, 0.1) is 25.7 Å². The molecule has 2 aromatic heterocycles. The number of rotatable bonds is 3. The van der Waals surface area contributed by atoms with E-state index in [9.17, 15) is 0 Å². The van der Waals surface area contributed by atoms with E-state index in [1.54, 1.807) is 6.33 Å². The Morgan fingerprint density at radius 3 is 2.57 bits per heavy atom. The van der Waals surface area contributed by atoms with Gasteiger partial charge in [-0.15, -0.1) is 0 Å². The summed E-state index contributed by atoms with van der Waals surface area (Å²) in [6, 6.07) is 0.535. The van der Waals surface area contributed by atoms with Gasteiger partial charge in [-0.1, -0.05) is 13.8 Å². The van der Waals surface area contributed by atoms with Crippen LogP contribution in [0.15, 0.2) is 6.33 Å². The molecule has 0 amide bonds. The summed E-state index contributed by atoms with van der Waals surface area (Å²) in [5, 5.41) is 8.01. The molecule has 0 unspecified atom stereocenters. The maximum Gasteiger partial charge on any atom is 0.254 e. The Morgan fingerprint density at radius 2 is 1.90 bits per heavy atom. The van der Waals surface area contributed by atoms with Crippen LogP contribution in [0.4, 0.5) is 5.82 Å². The van der Waals surface area contributed by atoms with E-state index in [1.807, 2.05) is 11.4 Å². The first-order chi connectivity index (χ1) is 10.1.